The van der Waals surface area contributed by atoms with E-state index in [4.69, 9.17) is 4.74 Å². The van der Waals surface area contributed by atoms with Crippen molar-refractivity contribution in [3.05, 3.63) is 0 Å². The van der Waals surface area contributed by atoms with E-state index >= 15 is 0 Å². The van der Waals surface area contributed by atoms with Gasteiger partial charge in [0.25, 0.3) is 0 Å². The summed E-state index contributed by atoms with van der Waals surface area (Å²) in [5.41, 5.74) is 0. The first kappa shape index (κ1) is 12.5. The van der Waals surface area contributed by atoms with E-state index in [1.54, 1.807) is 0 Å². The Bertz CT molecular complexity index is 173. The van der Waals surface area contributed by atoms with Crippen molar-refractivity contribution >= 4 is 5.97 Å². The highest BCUT2D eigenvalue weighted by atomic mass is 16.5. The van der Waals surface area contributed by atoms with Gasteiger partial charge >= 0.3 is 5.97 Å². The van der Waals surface area contributed by atoms with Gasteiger partial charge in [0.05, 0.1) is 0 Å². The molecule has 1 fully saturated rings. The molecule has 0 saturated heterocycles. The van der Waals surface area contributed by atoms with Crippen LogP contribution >= 0.6 is 0 Å². The maximum Gasteiger partial charge on any atom is 0.306 e. The Morgan fingerprint density at radius 2 is 1.67 bits per heavy atom. The number of rotatable bonds is 9. The van der Waals surface area contributed by atoms with Gasteiger partial charge in [0.15, 0.2) is 0 Å². The summed E-state index contributed by atoms with van der Waals surface area (Å²) in [4.78, 5) is 11.2. The summed E-state index contributed by atoms with van der Waals surface area (Å²) < 4.78 is 5.17. The second-order valence-electron chi connectivity index (χ2n) is 4.56. The third kappa shape index (κ3) is 7.40. The van der Waals surface area contributed by atoms with Gasteiger partial charge in [-0.05, 0) is 19.3 Å². The maximum atomic E-state index is 11.2. The summed E-state index contributed by atoms with van der Waals surface area (Å²) in [5, 5.41) is 0. The first-order valence-corrected chi connectivity index (χ1v) is 6.52. The number of carbonyl (C=O) groups is 1. The lowest BCUT2D eigenvalue weighted by molar-refractivity contribution is -0.145. The first-order valence-electron chi connectivity index (χ1n) is 6.52. The zero-order chi connectivity index (χ0) is 10.9. The lowest BCUT2D eigenvalue weighted by Crippen LogP contribution is -2.05. The summed E-state index contributed by atoms with van der Waals surface area (Å²) in [6, 6.07) is 0. The number of carbonyl (C=O) groups excluding carboxylic acids is 1. The topological polar surface area (TPSA) is 26.3 Å². The molecule has 0 unspecified atom stereocenters. The van der Waals surface area contributed by atoms with E-state index in [1.807, 2.05) is 0 Å². The van der Waals surface area contributed by atoms with Crippen molar-refractivity contribution < 1.29 is 9.53 Å². The minimum absolute atomic E-state index is 0.0195. The molecule has 2 heteroatoms. The van der Waals surface area contributed by atoms with Gasteiger partial charge in [-0.2, -0.15) is 0 Å². The maximum absolute atomic E-state index is 11.2. The first-order chi connectivity index (χ1) is 7.33. The molecule has 0 spiro atoms. The van der Waals surface area contributed by atoms with Crippen LogP contribution in [0.1, 0.15) is 71.1 Å². The summed E-state index contributed by atoms with van der Waals surface area (Å²) in [6.07, 6.45) is 11.9. The van der Waals surface area contributed by atoms with Gasteiger partial charge in [-0.15, -0.1) is 0 Å². The van der Waals surface area contributed by atoms with Crippen LogP contribution in [0.5, 0.6) is 0 Å². The molecule has 15 heavy (non-hydrogen) atoms. The molecule has 0 aromatic carbocycles. The molecule has 0 radical (unpaired) electrons. The van der Waals surface area contributed by atoms with Crippen molar-refractivity contribution in [3.8, 4) is 0 Å². The second-order valence-corrected chi connectivity index (χ2v) is 4.56. The van der Waals surface area contributed by atoms with Gasteiger partial charge in [-0.25, -0.2) is 0 Å². The van der Waals surface area contributed by atoms with E-state index in [0.717, 1.165) is 19.3 Å². The Hall–Kier alpha value is -0.530. The Balaban J connectivity index is 1.77. The van der Waals surface area contributed by atoms with Crippen molar-refractivity contribution in [2.24, 2.45) is 0 Å². The summed E-state index contributed by atoms with van der Waals surface area (Å²) >= 11 is 0. The Labute approximate surface area is 93.4 Å². The number of esters is 1. The Kier molecular flexibility index (Phi) is 6.45. The largest absolute Gasteiger partial charge is 0.462 e. The molecule has 1 rings (SSSR count). The molecule has 0 atom stereocenters. The van der Waals surface area contributed by atoms with E-state index in [0.29, 0.717) is 6.42 Å². The highest BCUT2D eigenvalue weighted by Crippen LogP contribution is 2.24. The minimum atomic E-state index is 0.0195. The fourth-order valence-electron chi connectivity index (χ4n) is 1.66. The second kappa shape index (κ2) is 7.72. The molecular weight excluding hydrogens is 188 g/mol. The van der Waals surface area contributed by atoms with Crippen molar-refractivity contribution in [3.63, 3.8) is 0 Å². The molecule has 0 heterocycles. The van der Waals surface area contributed by atoms with Crippen molar-refractivity contribution in [2.45, 2.75) is 77.2 Å². The summed E-state index contributed by atoms with van der Waals surface area (Å²) in [7, 11) is 0. The number of hydrogen-bond acceptors (Lipinski definition) is 2. The van der Waals surface area contributed by atoms with Crippen molar-refractivity contribution in [1.82, 2.24) is 0 Å². The molecule has 1 saturated carbocycles. The monoisotopic (exact) mass is 212 g/mol. The van der Waals surface area contributed by atoms with Crippen molar-refractivity contribution in [1.29, 1.82) is 0 Å². The molecule has 1 aliphatic carbocycles. The van der Waals surface area contributed by atoms with Crippen LogP contribution in [-0.4, -0.2) is 12.1 Å². The average molecular weight is 212 g/mol. The van der Waals surface area contributed by atoms with E-state index in [-0.39, 0.29) is 12.1 Å². The van der Waals surface area contributed by atoms with Gasteiger partial charge in [-0.1, -0.05) is 45.4 Å². The zero-order valence-electron chi connectivity index (χ0n) is 9.96. The summed E-state index contributed by atoms with van der Waals surface area (Å²) in [6.45, 7) is 2.23. The van der Waals surface area contributed by atoms with E-state index in [1.165, 1.54) is 38.5 Å². The SMILES string of the molecule is CCCCCCCCCC(=O)OC1CC1. The van der Waals surface area contributed by atoms with Crippen LogP contribution in [0.15, 0.2) is 0 Å². The minimum Gasteiger partial charge on any atom is -0.462 e. The van der Waals surface area contributed by atoms with Gasteiger partial charge in [-0.3, -0.25) is 4.79 Å². The average Bonchev–Trinajstić information content (AvgIpc) is 3.00. The fraction of sp³-hybridized carbons (Fsp3) is 0.923. The molecule has 1 aliphatic rings. The molecule has 0 N–H and O–H groups in total. The van der Waals surface area contributed by atoms with E-state index in [9.17, 15) is 4.79 Å². The smallest absolute Gasteiger partial charge is 0.306 e. The standard InChI is InChI=1S/C13H24O2/c1-2-3-4-5-6-7-8-9-13(14)15-12-10-11-12/h12H,2-11H2,1H3. The predicted molar refractivity (Wildman–Crippen MR) is 61.7 cm³/mol. The number of hydrogen-bond donors (Lipinski definition) is 0. The van der Waals surface area contributed by atoms with Crippen LogP contribution in [-0.2, 0) is 9.53 Å². The molecule has 0 amide bonds. The Morgan fingerprint density at radius 3 is 2.27 bits per heavy atom. The van der Waals surface area contributed by atoms with Gasteiger partial charge in [0.1, 0.15) is 6.10 Å². The molecule has 88 valence electrons. The quantitative estimate of drug-likeness (QED) is 0.429. The van der Waals surface area contributed by atoms with Crippen LogP contribution in [0.25, 0.3) is 0 Å². The molecule has 0 aromatic heterocycles. The molecule has 2 nitrogen and oxygen atoms in total. The number of unbranched alkanes of at least 4 members (excludes halogenated alkanes) is 6. The predicted octanol–water partition coefficient (Wildman–Crippen LogP) is 3.83. The lowest BCUT2D eigenvalue weighted by Gasteiger charge is -2.02. The van der Waals surface area contributed by atoms with Crippen LogP contribution in [0.2, 0.25) is 0 Å². The van der Waals surface area contributed by atoms with Gasteiger partial charge in [0.2, 0.25) is 0 Å². The van der Waals surface area contributed by atoms with Gasteiger partial charge < -0.3 is 4.74 Å². The fourth-order valence-corrected chi connectivity index (χ4v) is 1.66. The van der Waals surface area contributed by atoms with Crippen LogP contribution < -0.4 is 0 Å². The van der Waals surface area contributed by atoms with Crippen LogP contribution in [0, 0.1) is 0 Å². The number of ether oxygens (including phenoxy) is 1. The Morgan fingerprint density at radius 1 is 1.07 bits per heavy atom. The molecule has 0 aliphatic heterocycles. The highest BCUT2D eigenvalue weighted by Gasteiger charge is 2.25. The zero-order valence-corrected chi connectivity index (χ0v) is 9.96. The third-order valence-corrected chi connectivity index (χ3v) is 2.81. The lowest BCUT2D eigenvalue weighted by atomic mass is 10.1. The highest BCUT2D eigenvalue weighted by molar-refractivity contribution is 5.69. The van der Waals surface area contributed by atoms with Crippen LogP contribution in [0.3, 0.4) is 0 Å². The van der Waals surface area contributed by atoms with Gasteiger partial charge in [0, 0.05) is 6.42 Å². The normalized spacial score (nSPS) is 15.3. The van der Waals surface area contributed by atoms with E-state index in [2.05, 4.69) is 6.92 Å². The third-order valence-electron chi connectivity index (χ3n) is 2.81. The molecule has 0 aromatic rings. The summed E-state index contributed by atoms with van der Waals surface area (Å²) in [5.74, 6) is 0.0195. The van der Waals surface area contributed by atoms with Crippen LogP contribution in [0.4, 0.5) is 0 Å². The molecular formula is C13H24O2. The van der Waals surface area contributed by atoms with E-state index < -0.39 is 0 Å². The van der Waals surface area contributed by atoms with Crippen molar-refractivity contribution in [2.75, 3.05) is 0 Å². The molecule has 0 bridgehead atoms.